The molecule has 4 heterocycles. The van der Waals surface area contributed by atoms with Crippen LogP contribution in [0.2, 0.25) is 0 Å². The Bertz CT molecular complexity index is 997. The van der Waals surface area contributed by atoms with Gasteiger partial charge in [0, 0.05) is 13.1 Å². The Labute approximate surface area is 180 Å². The van der Waals surface area contributed by atoms with E-state index in [1.165, 1.54) is 0 Å². The van der Waals surface area contributed by atoms with E-state index in [2.05, 4.69) is 24.8 Å². The van der Waals surface area contributed by atoms with Crippen molar-refractivity contribution >= 4 is 29.2 Å². The summed E-state index contributed by atoms with van der Waals surface area (Å²) >= 11 is 0. The maximum Gasteiger partial charge on any atom is 0.243 e. The Morgan fingerprint density at radius 1 is 1.16 bits per heavy atom. The normalized spacial score (nSPS) is 24.8. The summed E-state index contributed by atoms with van der Waals surface area (Å²) in [7, 11) is 0. The highest BCUT2D eigenvalue weighted by Crippen LogP contribution is 2.54. The van der Waals surface area contributed by atoms with Gasteiger partial charge in [-0.3, -0.25) is 9.69 Å². The summed E-state index contributed by atoms with van der Waals surface area (Å²) < 4.78 is 5.79. The van der Waals surface area contributed by atoms with Crippen molar-refractivity contribution in [2.75, 3.05) is 28.6 Å². The third kappa shape index (κ3) is 3.12. The Morgan fingerprint density at radius 3 is 2.42 bits per heavy atom. The van der Waals surface area contributed by atoms with Crippen LogP contribution in [0.25, 0.3) is 0 Å². The molecular formula is C21H27N7O3. The van der Waals surface area contributed by atoms with Crippen molar-refractivity contribution in [1.82, 2.24) is 19.9 Å². The number of amides is 1. The zero-order chi connectivity index (χ0) is 21.8. The molecule has 2 aromatic heterocycles. The van der Waals surface area contributed by atoms with Crippen LogP contribution in [-0.2, 0) is 21.6 Å². The van der Waals surface area contributed by atoms with Crippen LogP contribution in [0, 0.1) is 0 Å². The fourth-order valence-electron chi connectivity index (χ4n) is 5.24. The van der Waals surface area contributed by atoms with Crippen molar-refractivity contribution in [3.05, 3.63) is 23.8 Å². The van der Waals surface area contributed by atoms with Gasteiger partial charge < -0.3 is 20.5 Å². The molecule has 2 aromatic rings. The van der Waals surface area contributed by atoms with Crippen LogP contribution in [-0.4, -0.2) is 56.2 Å². The Morgan fingerprint density at radius 2 is 1.81 bits per heavy atom. The molecule has 0 bridgehead atoms. The molecule has 0 aromatic carbocycles. The second kappa shape index (κ2) is 7.38. The van der Waals surface area contributed by atoms with Crippen LogP contribution >= 0.6 is 0 Å². The van der Waals surface area contributed by atoms with E-state index in [1.54, 1.807) is 17.3 Å². The van der Waals surface area contributed by atoms with Crippen LogP contribution in [0.5, 0.6) is 0 Å². The molecule has 10 nitrogen and oxygen atoms in total. The van der Waals surface area contributed by atoms with E-state index < -0.39 is 5.41 Å². The number of aliphatic hydroxyl groups is 1. The largest absolute Gasteiger partial charge is 0.388 e. The molecule has 1 saturated carbocycles. The van der Waals surface area contributed by atoms with Crippen LogP contribution in [0.15, 0.2) is 12.4 Å². The van der Waals surface area contributed by atoms with Gasteiger partial charge in [-0.15, -0.1) is 0 Å². The van der Waals surface area contributed by atoms with Gasteiger partial charge in [-0.1, -0.05) is 12.8 Å². The Balaban J connectivity index is 1.53. The highest BCUT2D eigenvalue weighted by atomic mass is 16.5. The number of hydrogen-bond acceptors (Lipinski definition) is 9. The van der Waals surface area contributed by atoms with Gasteiger partial charge in [0.2, 0.25) is 11.9 Å². The zero-order valence-electron chi connectivity index (χ0n) is 17.8. The number of rotatable bonds is 3. The molecule has 2 aliphatic heterocycles. The number of ether oxygens (including phenoxy) is 1. The smallest absolute Gasteiger partial charge is 0.243 e. The number of nitrogens with zero attached hydrogens (tertiary/aromatic N) is 6. The highest BCUT2D eigenvalue weighted by Gasteiger charge is 2.55. The molecule has 3 aliphatic rings. The fraction of sp³-hybridized carbons (Fsp3) is 0.571. The molecule has 0 radical (unpaired) electrons. The lowest BCUT2D eigenvalue weighted by Crippen LogP contribution is -2.46. The molecule has 1 amide bonds. The molecular weight excluding hydrogens is 398 g/mol. The Kier molecular flexibility index (Phi) is 4.78. The molecule has 5 rings (SSSR count). The van der Waals surface area contributed by atoms with E-state index in [4.69, 9.17) is 10.5 Å². The number of aromatic nitrogens is 4. The van der Waals surface area contributed by atoms with Gasteiger partial charge >= 0.3 is 0 Å². The summed E-state index contributed by atoms with van der Waals surface area (Å²) in [6.07, 6.45) is 6.81. The molecule has 164 valence electrons. The zero-order valence-corrected chi connectivity index (χ0v) is 17.8. The third-order valence-electron chi connectivity index (χ3n) is 6.45. The summed E-state index contributed by atoms with van der Waals surface area (Å²) in [4.78, 5) is 35.1. The molecule has 1 saturated heterocycles. The molecule has 10 heteroatoms. The number of hydrogen-bond donors (Lipinski definition) is 2. The average molecular weight is 425 g/mol. The summed E-state index contributed by atoms with van der Waals surface area (Å²) in [5.74, 6) is 1.43. The summed E-state index contributed by atoms with van der Waals surface area (Å²) in [6.45, 7) is 5.13. The van der Waals surface area contributed by atoms with E-state index in [9.17, 15) is 9.90 Å². The number of carbonyl (C=O) groups excluding carboxylic acids is 1. The lowest BCUT2D eigenvalue weighted by molar-refractivity contribution is -0.122. The number of morpholine rings is 1. The van der Waals surface area contributed by atoms with Crippen molar-refractivity contribution < 1.29 is 14.6 Å². The first kappa shape index (κ1) is 20.1. The number of aliphatic hydroxyl groups excluding tert-OH is 1. The van der Waals surface area contributed by atoms with Gasteiger partial charge in [0.25, 0.3) is 0 Å². The standard InChI is InChI=1S/C21H27N7O3/c1-12-9-27(10-13(2)31-12)20-23-7-14(8-24-20)28-18-16(17(22)25-15(11-29)26-18)21(19(28)30)5-3-4-6-21/h7-8,12-13,29H,3-6,9-11H2,1-2H3,(H2,22,25,26)/t12-,13+. The minimum absolute atomic E-state index is 0.0685. The van der Waals surface area contributed by atoms with Crippen molar-refractivity contribution in [1.29, 1.82) is 0 Å². The SMILES string of the molecule is C[C@@H]1CN(c2ncc(N3C(=O)C4(CCCC4)c4c(N)nc(CO)nc43)cn2)C[C@H](C)O1. The van der Waals surface area contributed by atoms with E-state index in [0.29, 0.717) is 48.9 Å². The van der Waals surface area contributed by atoms with Crippen LogP contribution in [0.4, 0.5) is 23.3 Å². The first-order valence-corrected chi connectivity index (χ1v) is 10.8. The minimum atomic E-state index is -0.707. The van der Waals surface area contributed by atoms with Crippen LogP contribution in [0.1, 0.15) is 50.9 Å². The Hall–Kier alpha value is -2.85. The van der Waals surface area contributed by atoms with Crippen LogP contribution in [0.3, 0.4) is 0 Å². The van der Waals surface area contributed by atoms with Crippen molar-refractivity contribution in [3.8, 4) is 0 Å². The summed E-state index contributed by atoms with van der Waals surface area (Å²) in [6, 6.07) is 0. The minimum Gasteiger partial charge on any atom is -0.388 e. The molecule has 1 spiro atoms. The second-order valence-electron chi connectivity index (χ2n) is 8.72. The summed E-state index contributed by atoms with van der Waals surface area (Å²) in [5, 5.41) is 9.57. The van der Waals surface area contributed by atoms with Gasteiger partial charge in [0.05, 0.1) is 41.3 Å². The number of fused-ring (bicyclic) bond motifs is 2. The number of anilines is 4. The van der Waals surface area contributed by atoms with E-state index in [1.807, 2.05) is 13.8 Å². The molecule has 0 unspecified atom stereocenters. The lowest BCUT2D eigenvalue weighted by atomic mass is 9.80. The van der Waals surface area contributed by atoms with Crippen molar-refractivity contribution in [3.63, 3.8) is 0 Å². The molecule has 3 N–H and O–H groups in total. The maximum absolute atomic E-state index is 13.7. The number of nitrogen functional groups attached to an aromatic ring is 1. The van der Waals surface area contributed by atoms with Gasteiger partial charge in [-0.2, -0.15) is 0 Å². The third-order valence-corrected chi connectivity index (χ3v) is 6.45. The van der Waals surface area contributed by atoms with E-state index in [0.717, 1.165) is 12.8 Å². The van der Waals surface area contributed by atoms with Crippen molar-refractivity contribution in [2.45, 2.75) is 63.8 Å². The molecule has 31 heavy (non-hydrogen) atoms. The van der Waals surface area contributed by atoms with Gasteiger partial charge in [-0.25, -0.2) is 19.9 Å². The van der Waals surface area contributed by atoms with E-state index >= 15 is 0 Å². The average Bonchev–Trinajstić information content (AvgIpc) is 3.32. The molecule has 2 fully saturated rings. The van der Waals surface area contributed by atoms with Gasteiger partial charge in [0.1, 0.15) is 18.2 Å². The lowest BCUT2D eigenvalue weighted by Gasteiger charge is -2.35. The summed E-state index contributed by atoms with van der Waals surface area (Å²) in [5.41, 5.74) is 6.77. The number of nitrogens with two attached hydrogens (primary N) is 1. The quantitative estimate of drug-likeness (QED) is 0.750. The first-order valence-electron chi connectivity index (χ1n) is 10.8. The number of carbonyl (C=O) groups is 1. The molecule has 2 atom stereocenters. The predicted octanol–water partition coefficient (Wildman–Crippen LogP) is 1.44. The topological polar surface area (TPSA) is 131 Å². The highest BCUT2D eigenvalue weighted by molar-refractivity contribution is 6.13. The fourth-order valence-corrected chi connectivity index (χ4v) is 5.24. The predicted molar refractivity (Wildman–Crippen MR) is 114 cm³/mol. The van der Waals surface area contributed by atoms with E-state index in [-0.39, 0.29) is 36.4 Å². The first-order chi connectivity index (χ1) is 14.9. The van der Waals surface area contributed by atoms with Gasteiger partial charge in [0.15, 0.2) is 5.82 Å². The van der Waals surface area contributed by atoms with Crippen LogP contribution < -0.4 is 15.5 Å². The second-order valence-corrected chi connectivity index (χ2v) is 8.72. The maximum atomic E-state index is 13.7. The monoisotopic (exact) mass is 425 g/mol. The van der Waals surface area contributed by atoms with Crippen molar-refractivity contribution in [2.24, 2.45) is 0 Å². The molecule has 1 aliphatic carbocycles. The van der Waals surface area contributed by atoms with Gasteiger partial charge in [-0.05, 0) is 26.7 Å².